The fraction of sp³-hybridized carbons (Fsp3) is 0.545. The molecule has 0 spiro atoms. The molecular weight excluding hydrogens is 192 g/mol. The molecule has 0 aromatic carbocycles. The number of ether oxygens (including phenoxy) is 1. The number of nitrogens with zero attached hydrogens (tertiary/aromatic N) is 1. The molecule has 84 valence electrons. The maximum absolute atomic E-state index is 11.6. The van der Waals surface area contributed by atoms with Crippen LogP contribution in [0.1, 0.15) is 40.3 Å². The molecule has 0 saturated carbocycles. The number of hydrogen-bond donors (Lipinski definition) is 1. The number of carbonyl (C=O) groups is 1. The Morgan fingerprint density at radius 2 is 1.93 bits per heavy atom. The summed E-state index contributed by atoms with van der Waals surface area (Å²) in [6, 6.07) is -0.168. The van der Waals surface area contributed by atoms with Crippen LogP contribution in [-0.4, -0.2) is 17.6 Å². The van der Waals surface area contributed by atoms with Gasteiger partial charge in [0, 0.05) is 30.0 Å². The van der Waals surface area contributed by atoms with Gasteiger partial charge in [-0.3, -0.25) is 0 Å². The van der Waals surface area contributed by atoms with Crippen molar-refractivity contribution in [1.29, 1.82) is 0 Å². The Kier molecular flexibility index (Phi) is 3.19. The molecule has 1 heterocycles. The van der Waals surface area contributed by atoms with Gasteiger partial charge < -0.3 is 15.0 Å². The minimum Gasteiger partial charge on any atom is -0.465 e. The van der Waals surface area contributed by atoms with E-state index in [2.05, 4.69) is 0 Å². The molecular formula is C11H18N2O2. The molecule has 1 atom stereocenters. The molecule has 0 saturated heterocycles. The van der Waals surface area contributed by atoms with Crippen LogP contribution < -0.4 is 5.73 Å². The van der Waals surface area contributed by atoms with Crippen molar-refractivity contribution in [3.8, 4) is 0 Å². The summed E-state index contributed by atoms with van der Waals surface area (Å²) in [5, 5.41) is 0. The first kappa shape index (κ1) is 11.8. The summed E-state index contributed by atoms with van der Waals surface area (Å²) in [6.07, 6.45) is 0. The van der Waals surface area contributed by atoms with E-state index < -0.39 is 0 Å². The Bertz CT molecular complexity index is 392. The second-order valence-corrected chi connectivity index (χ2v) is 3.80. The van der Waals surface area contributed by atoms with Crippen LogP contribution >= 0.6 is 0 Å². The fourth-order valence-electron chi connectivity index (χ4n) is 1.89. The summed E-state index contributed by atoms with van der Waals surface area (Å²) in [4.78, 5) is 11.6. The summed E-state index contributed by atoms with van der Waals surface area (Å²) in [5.41, 5.74) is 9.26. The SMILES string of the molecule is COC(=O)c1c(C(C)N)c(C)n(C)c1C. The van der Waals surface area contributed by atoms with Gasteiger partial charge in [0.2, 0.25) is 0 Å². The van der Waals surface area contributed by atoms with Crippen molar-refractivity contribution in [3.05, 3.63) is 22.5 Å². The normalized spacial score (nSPS) is 12.7. The summed E-state index contributed by atoms with van der Waals surface area (Å²) < 4.78 is 6.73. The Morgan fingerprint density at radius 3 is 2.33 bits per heavy atom. The van der Waals surface area contributed by atoms with Crippen LogP contribution in [-0.2, 0) is 11.8 Å². The van der Waals surface area contributed by atoms with Crippen molar-refractivity contribution in [1.82, 2.24) is 4.57 Å². The Labute approximate surface area is 90.0 Å². The number of nitrogens with two attached hydrogens (primary N) is 1. The van der Waals surface area contributed by atoms with Gasteiger partial charge in [-0.15, -0.1) is 0 Å². The second kappa shape index (κ2) is 4.06. The van der Waals surface area contributed by atoms with Gasteiger partial charge in [0.15, 0.2) is 0 Å². The lowest BCUT2D eigenvalue weighted by Crippen LogP contribution is -2.12. The predicted octanol–water partition coefficient (Wildman–Crippen LogP) is 1.45. The minimum absolute atomic E-state index is 0.168. The summed E-state index contributed by atoms with van der Waals surface area (Å²) in [7, 11) is 3.30. The largest absolute Gasteiger partial charge is 0.465 e. The van der Waals surface area contributed by atoms with Gasteiger partial charge in [0.05, 0.1) is 12.7 Å². The number of hydrogen-bond acceptors (Lipinski definition) is 3. The van der Waals surface area contributed by atoms with Crippen molar-refractivity contribution in [2.24, 2.45) is 12.8 Å². The molecule has 0 fully saturated rings. The highest BCUT2D eigenvalue weighted by molar-refractivity contribution is 5.93. The zero-order valence-electron chi connectivity index (χ0n) is 9.92. The maximum Gasteiger partial charge on any atom is 0.340 e. The van der Waals surface area contributed by atoms with Crippen LogP contribution in [0, 0.1) is 13.8 Å². The Hall–Kier alpha value is -1.29. The van der Waals surface area contributed by atoms with Gasteiger partial charge in [-0.25, -0.2) is 4.79 Å². The van der Waals surface area contributed by atoms with Crippen molar-refractivity contribution in [3.63, 3.8) is 0 Å². The van der Waals surface area contributed by atoms with E-state index in [-0.39, 0.29) is 12.0 Å². The molecule has 4 nitrogen and oxygen atoms in total. The highest BCUT2D eigenvalue weighted by Gasteiger charge is 2.23. The van der Waals surface area contributed by atoms with Gasteiger partial charge >= 0.3 is 5.97 Å². The van der Waals surface area contributed by atoms with Crippen molar-refractivity contribution >= 4 is 5.97 Å². The first-order valence-electron chi connectivity index (χ1n) is 4.91. The van der Waals surface area contributed by atoms with Gasteiger partial charge in [-0.05, 0) is 20.8 Å². The van der Waals surface area contributed by atoms with Crippen LogP contribution in [0.5, 0.6) is 0 Å². The number of esters is 1. The number of carbonyl (C=O) groups excluding carboxylic acids is 1. The molecule has 0 aliphatic rings. The maximum atomic E-state index is 11.6. The van der Waals surface area contributed by atoms with Crippen LogP contribution in [0.4, 0.5) is 0 Å². The third-order valence-corrected chi connectivity index (χ3v) is 2.87. The molecule has 4 heteroatoms. The summed E-state index contributed by atoms with van der Waals surface area (Å²) in [5.74, 6) is -0.316. The molecule has 2 N–H and O–H groups in total. The molecule has 1 aromatic rings. The van der Waals surface area contributed by atoms with E-state index in [0.29, 0.717) is 5.56 Å². The molecule has 1 aromatic heterocycles. The lowest BCUT2D eigenvalue weighted by Gasteiger charge is -2.08. The Morgan fingerprint density at radius 1 is 1.40 bits per heavy atom. The number of methoxy groups -OCH3 is 1. The quantitative estimate of drug-likeness (QED) is 0.752. The van der Waals surface area contributed by atoms with E-state index in [1.807, 2.05) is 32.4 Å². The van der Waals surface area contributed by atoms with Crippen molar-refractivity contribution in [2.75, 3.05) is 7.11 Å². The summed E-state index contributed by atoms with van der Waals surface area (Å²) >= 11 is 0. The highest BCUT2D eigenvalue weighted by atomic mass is 16.5. The van der Waals surface area contributed by atoms with Crippen molar-refractivity contribution in [2.45, 2.75) is 26.8 Å². The predicted molar refractivity (Wildman–Crippen MR) is 58.8 cm³/mol. The third kappa shape index (κ3) is 1.77. The van der Waals surface area contributed by atoms with Crippen LogP contribution in [0.25, 0.3) is 0 Å². The molecule has 1 unspecified atom stereocenters. The first-order chi connectivity index (χ1) is 6.91. The van der Waals surface area contributed by atoms with Gasteiger partial charge in [0.1, 0.15) is 0 Å². The zero-order valence-corrected chi connectivity index (χ0v) is 9.92. The van der Waals surface area contributed by atoms with Gasteiger partial charge in [0.25, 0.3) is 0 Å². The molecule has 0 radical (unpaired) electrons. The number of rotatable bonds is 2. The van der Waals surface area contributed by atoms with Gasteiger partial charge in [-0.2, -0.15) is 0 Å². The zero-order chi connectivity index (χ0) is 11.7. The lowest BCUT2D eigenvalue weighted by molar-refractivity contribution is 0.0598. The molecule has 0 amide bonds. The molecule has 0 aliphatic carbocycles. The Balaban J connectivity index is 3.48. The fourth-order valence-corrected chi connectivity index (χ4v) is 1.89. The average Bonchev–Trinajstić information content (AvgIpc) is 2.41. The minimum atomic E-state index is -0.316. The average molecular weight is 210 g/mol. The standard InChI is InChI=1S/C11H18N2O2/c1-6(12)9-7(2)13(4)8(3)10(9)11(14)15-5/h6H,12H2,1-5H3. The third-order valence-electron chi connectivity index (χ3n) is 2.87. The highest BCUT2D eigenvalue weighted by Crippen LogP contribution is 2.26. The summed E-state index contributed by atoms with van der Waals surface area (Å²) in [6.45, 7) is 5.72. The van der Waals surface area contributed by atoms with E-state index >= 15 is 0 Å². The van der Waals surface area contributed by atoms with Crippen LogP contribution in [0.15, 0.2) is 0 Å². The first-order valence-corrected chi connectivity index (χ1v) is 4.91. The monoisotopic (exact) mass is 210 g/mol. The van der Waals surface area contributed by atoms with Crippen molar-refractivity contribution < 1.29 is 9.53 Å². The molecule has 15 heavy (non-hydrogen) atoms. The van der Waals surface area contributed by atoms with E-state index in [0.717, 1.165) is 17.0 Å². The van der Waals surface area contributed by atoms with E-state index in [1.165, 1.54) is 7.11 Å². The molecule has 0 aliphatic heterocycles. The van der Waals surface area contributed by atoms with Crippen LogP contribution in [0.2, 0.25) is 0 Å². The van der Waals surface area contributed by atoms with E-state index in [1.54, 1.807) is 0 Å². The second-order valence-electron chi connectivity index (χ2n) is 3.80. The van der Waals surface area contributed by atoms with Crippen LogP contribution in [0.3, 0.4) is 0 Å². The topological polar surface area (TPSA) is 57.2 Å². The van der Waals surface area contributed by atoms with E-state index in [4.69, 9.17) is 10.5 Å². The van der Waals surface area contributed by atoms with Gasteiger partial charge in [-0.1, -0.05) is 0 Å². The molecule has 1 rings (SSSR count). The smallest absolute Gasteiger partial charge is 0.340 e. The molecule has 0 bridgehead atoms. The number of aromatic nitrogens is 1. The lowest BCUT2D eigenvalue weighted by atomic mass is 10.0. The van der Waals surface area contributed by atoms with E-state index in [9.17, 15) is 4.79 Å².